The summed E-state index contributed by atoms with van der Waals surface area (Å²) < 4.78 is 1.81. The maximum atomic E-state index is 9.71. The second-order valence-electron chi connectivity index (χ2n) is 7.52. The number of fused-ring (bicyclic) bond motifs is 2. The Kier molecular flexibility index (Phi) is 4.12. The van der Waals surface area contributed by atoms with Crippen molar-refractivity contribution in [3.05, 3.63) is 42.1 Å². The van der Waals surface area contributed by atoms with E-state index in [0.717, 1.165) is 59.6 Å². The molecule has 0 aliphatic heterocycles. The van der Waals surface area contributed by atoms with Crippen molar-refractivity contribution in [2.45, 2.75) is 32.3 Å². The van der Waals surface area contributed by atoms with Crippen LogP contribution in [0.4, 0.5) is 17.5 Å². The molecule has 2 atom stereocenters. The highest BCUT2D eigenvalue weighted by molar-refractivity contribution is 5.85. The lowest BCUT2D eigenvalue weighted by Gasteiger charge is -2.12. The number of pyridine rings is 1. The molecule has 5 rings (SSSR count). The van der Waals surface area contributed by atoms with Gasteiger partial charge in [0.25, 0.3) is 0 Å². The van der Waals surface area contributed by atoms with Gasteiger partial charge in [0.1, 0.15) is 5.82 Å². The Morgan fingerprint density at radius 2 is 2.18 bits per heavy atom. The van der Waals surface area contributed by atoms with Crippen molar-refractivity contribution in [1.82, 2.24) is 24.8 Å². The van der Waals surface area contributed by atoms with Gasteiger partial charge in [-0.2, -0.15) is 14.6 Å². The molecule has 1 fully saturated rings. The van der Waals surface area contributed by atoms with Crippen molar-refractivity contribution >= 4 is 34.0 Å². The molecule has 1 aliphatic rings. The standard InChI is InChI=1S/C20H23N7O/c1-12-16-8-6-14(10-17(16)25-24-12)22-20-23-19-4-2-3-18(27(19)26-20)21-11-13-5-7-15(28)9-13/h2-4,6,8,10,13,15,21,28H,5,7,9,11H2,1H3,(H,22,26)(H,24,25)/t13-,15+/m1/s1. The monoisotopic (exact) mass is 377 g/mol. The molecule has 4 N–H and O–H groups in total. The Morgan fingerprint density at radius 3 is 3.04 bits per heavy atom. The van der Waals surface area contributed by atoms with Crippen LogP contribution in [0.15, 0.2) is 36.4 Å². The smallest absolute Gasteiger partial charge is 0.247 e. The molecule has 1 saturated carbocycles. The number of aromatic amines is 1. The largest absolute Gasteiger partial charge is 0.393 e. The Balaban J connectivity index is 1.36. The molecular weight excluding hydrogens is 354 g/mol. The first-order valence-electron chi connectivity index (χ1n) is 9.65. The maximum Gasteiger partial charge on any atom is 0.247 e. The zero-order valence-electron chi connectivity index (χ0n) is 15.7. The fraction of sp³-hybridized carbons (Fsp3) is 0.350. The van der Waals surface area contributed by atoms with Crippen molar-refractivity contribution < 1.29 is 5.11 Å². The number of benzene rings is 1. The predicted molar refractivity (Wildman–Crippen MR) is 109 cm³/mol. The number of aliphatic hydroxyl groups excluding tert-OH is 1. The summed E-state index contributed by atoms with van der Waals surface area (Å²) in [7, 11) is 0. The highest BCUT2D eigenvalue weighted by atomic mass is 16.3. The highest BCUT2D eigenvalue weighted by Gasteiger charge is 2.22. The summed E-state index contributed by atoms with van der Waals surface area (Å²) in [5.74, 6) is 1.94. The second kappa shape index (κ2) is 6.79. The zero-order chi connectivity index (χ0) is 19.1. The first-order valence-corrected chi connectivity index (χ1v) is 9.65. The predicted octanol–water partition coefficient (Wildman–Crippen LogP) is 3.23. The third-order valence-corrected chi connectivity index (χ3v) is 5.45. The van der Waals surface area contributed by atoms with Crippen molar-refractivity contribution in [3.8, 4) is 0 Å². The zero-order valence-corrected chi connectivity index (χ0v) is 15.7. The van der Waals surface area contributed by atoms with Crippen LogP contribution in [0.3, 0.4) is 0 Å². The fourth-order valence-corrected chi connectivity index (χ4v) is 3.94. The van der Waals surface area contributed by atoms with Gasteiger partial charge in [0.2, 0.25) is 5.95 Å². The minimum Gasteiger partial charge on any atom is -0.393 e. The third-order valence-electron chi connectivity index (χ3n) is 5.45. The van der Waals surface area contributed by atoms with Gasteiger partial charge in [-0.05, 0) is 62.4 Å². The van der Waals surface area contributed by atoms with E-state index in [0.29, 0.717) is 11.9 Å². The van der Waals surface area contributed by atoms with Crippen LogP contribution < -0.4 is 10.6 Å². The fourth-order valence-electron chi connectivity index (χ4n) is 3.94. The lowest BCUT2D eigenvalue weighted by Crippen LogP contribution is -2.14. The summed E-state index contributed by atoms with van der Waals surface area (Å²) in [5, 5.41) is 29.4. The number of anilines is 3. The number of aliphatic hydroxyl groups is 1. The van der Waals surface area contributed by atoms with Crippen LogP contribution in [0, 0.1) is 12.8 Å². The van der Waals surface area contributed by atoms with E-state index < -0.39 is 0 Å². The van der Waals surface area contributed by atoms with E-state index in [4.69, 9.17) is 0 Å². The van der Waals surface area contributed by atoms with Crippen LogP contribution in [0.2, 0.25) is 0 Å². The minimum absolute atomic E-state index is 0.152. The molecule has 0 spiro atoms. The molecule has 28 heavy (non-hydrogen) atoms. The number of hydrogen-bond acceptors (Lipinski definition) is 6. The van der Waals surface area contributed by atoms with Crippen molar-refractivity contribution in [1.29, 1.82) is 0 Å². The van der Waals surface area contributed by atoms with Crippen molar-refractivity contribution in [2.75, 3.05) is 17.2 Å². The number of rotatable bonds is 5. The van der Waals surface area contributed by atoms with Crippen LogP contribution in [-0.4, -0.2) is 42.6 Å². The first-order chi connectivity index (χ1) is 13.7. The molecule has 3 aromatic heterocycles. The minimum atomic E-state index is -0.152. The van der Waals surface area contributed by atoms with Crippen LogP contribution in [-0.2, 0) is 0 Å². The first kappa shape index (κ1) is 17.0. The molecule has 4 aromatic rings. The Hall–Kier alpha value is -3.13. The summed E-state index contributed by atoms with van der Waals surface area (Å²) in [6, 6.07) is 11.9. The number of hydrogen-bond donors (Lipinski definition) is 4. The van der Waals surface area contributed by atoms with Gasteiger partial charge in [0.15, 0.2) is 5.65 Å². The van der Waals surface area contributed by atoms with E-state index in [1.54, 1.807) is 0 Å². The number of H-pyrrole nitrogens is 1. The summed E-state index contributed by atoms with van der Waals surface area (Å²) in [6.07, 6.45) is 2.67. The van der Waals surface area contributed by atoms with Gasteiger partial charge in [-0.15, -0.1) is 5.10 Å². The Labute approximate surface area is 162 Å². The van der Waals surface area contributed by atoms with E-state index in [9.17, 15) is 5.11 Å². The normalized spacial score (nSPS) is 19.5. The van der Waals surface area contributed by atoms with Crippen LogP contribution in [0.1, 0.15) is 25.0 Å². The van der Waals surface area contributed by atoms with Gasteiger partial charge in [-0.3, -0.25) is 5.10 Å². The summed E-state index contributed by atoms with van der Waals surface area (Å²) in [6.45, 7) is 2.81. The molecule has 0 saturated heterocycles. The van der Waals surface area contributed by atoms with Crippen LogP contribution in [0.25, 0.3) is 16.6 Å². The Morgan fingerprint density at radius 1 is 1.25 bits per heavy atom. The quantitative estimate of drug-likeness (QED) is 0.426. The van der Waals surface area contributed by atoms with E-state index in [1.165, 1.54) is 0 Å². The molecule has 0 unspecified atom stereocenters. The highest BCUT2D eigenvalue weighted by Crippen LogP contribution is 2.26. The summed E-state index contributed by atoms with van der Waals surface area (Å²) in [4.78, 5) is 4.58. The third kappa shape index (κ3) is 3.16. The molecule has 0 amide bonds. The van der Waals surface area contributed by atoms with E-state index in [1.807, 2.05) is 47.8 Å². The topological polar surface area (TPSA) is 103 Å². The lowest BCUT2D eigenvalue weighted by molar-refractivity contribution is 0.178. The van der Waals surface area contributed by atoms with E-state index in [-0.39, 0.29) is 6.10 Å². The van der Waals surface area contributed by atoms with Gasteiger partial charge in [-0.25, -0.2) is 0 Å². The molecular formula is C20H23N7O. The van der Waals surface area contributed by atoms with Gasteiger partial charge < -0.3 is 15.7 Å². The summed E-state index contributed by atoms with van der Waals surface area (Å²) in [5.41, 5.74) is 3.64. The average Bonchev–Trinajstić information content (AvgIpc) is 3.39. The average molecular weight is 377 g/mol. The molecule has 3 heterocycles. The molecule has 0 bridgehead atoms. The van der Waals surface area contributed by atoms with E-state index in [2.05, 4.69) is 30.9 Å². The van der Waals surface area contributed by atoms with Crippen molar-refractivity contribution in [2.24, 2.45) is 5.92 Å². The molecule has 144 valence electrons. The Bertz CT molecular complexity index is 1130. The number of aryl methyl sites for hydroxylation is 1. The van der Waals surface area contributed by atoms with Gasteiger partial charge >= 0.3 is 0 Å². The SMILES string of the molecule is Cc1n[nH]c2cc(Nc3nc4cccc(NC[C@@H]5CC[C@H](O)C5)n4n3)ccc12. The maximum absolute atomic E-state index is 9.71. The summed E-state index contributed by atoms with van der Waals surface area (Å²) >= 11 is 0. The van der Waals surface area contributed by atoms with Crippen molar-refractivity contribution in [3.63, 3.8) is 0 Å². The molecule has 8 heteroatoms. The van der Waals surface area contributed by atoms with Crippen LogP contribution >= 0.6 is 0 Å². The van der Waals surface area contributed by atoms with Gasteiger partial charge in [0.05, 0.1) is 17.3 Å². The van der Waals surface area contributed by atoms with Crippen LogP contribution in [0.5, 0.6) is 0 Å². The number of aromatic nitrogens is 5. The van der Waals surface area contributed by atoms with Gasteiger partial charge in [0, 0.05) is 17.6 Å². The number of nitrogens with one attached hydrogen (secondary N) is 3. The number of nitrogens with zero attached hydrogens (tertiary/aromatic N) is 4. The molecule has 0 radical (unpaired) electrons. The molecule has 8 nitrogen and oxygen atoms in total. The molecule has 1 aliphatic carbocycles. The molecule has 1 aromatic carbocycles. The van der Waals surface area contributed by atoms with Gasteiger partial charge in [-0.1, -0.05) is 6.07 Å². The second-order valence-corrected chi connectivity index (χ2v) is 7.52. The lowest BCUT2D eigenvalue weighted by atomic mass is 10.1. The van der Waals surface area contributed by atoms with E-state index >= 15 is 0 Å².